The average Bonchev–Trinajstić information content (AvgIpc) is 3.20. The van der Waals surface area contributed by atoms with Crippen molar-refractivity contribution >= 4 is 35.6 Å². The topological polar surface area (TPSA) is 110 Å². The molecule has 11 heteroatoms. The standard InChI is InChI=1S/C31H41ClN6O4/c1-30(2,3)42-29(41)36-18-21(19-36)33-28(40)27(22-17-31(22,4)5)38(16-14-25-35-34-24-11-8-15-37(24)25)26(39)13-12-20-9-6-7-10-23(20)32/h6-7,9-10,12-13,21-22,27H,8,11,14-19H2,1-5H3,(H,33,40)/b13-12+/t22-,27?/m1/s1. The molecule has 1 saturated carbocycles. The van der Waals surface area contributed by atoms with E-state index < -0.39 is 17.7 Å². The Morgan fingerprint density at radius 2 is 1.93 bits per heavy atom. The number of benzene rings is 1. The number of carbonyl (C=O) groups excluding carboxylic acids is 3. The zero-order chi connectivity index (χ0) is 30.2. The predicted molar refractivity (Wildman–Crippen MR) is 160 cm³/mol. The molecule has 2 atom stereocenters. The van der Waals surface area contributed by atoms with Gasteiger partial charge in [0.05, 0.1) is 6.04 Å². The number of aryl methyl sites for hydroxylation is 1. The molecule has 1 aliphatic carbocycles. The quantitative estimate of drug-likeness (QED) is 0.436. The Labute approximate surface area is 252 Å². The van der Waals surface area contributed by atoms with E-state index in [1.165, 1.54) is 6.08 Å². The minimum Gasteiger partial charge on any atom is -0.444 e. The molecule has 226 valence electrons. The van der Waals surface area contributed by atoms with E-state index in [1.807, 2.05) is 39.0 Å². The van der Waals surface area contributed by atoms with Gasteiger partial charge in [-0.3, -0.25) is 9.59 Å². The molecule has 2 aromatic rings. The third kappa shape index (κ3) is 6.80. The molecule has 2 fully saturated rings. The van der Waals surface area contributed by atoms with Gasteiger partial charge >= 0.3 is 6.09 Å². The van der Waals surface area contributed by atoms with Gasteiger partial charge in [0.1, 0.15) is 23.3 Å². The Kier molecular flexibility index (Phi) is 8.38. The Bertz CT molecular complexity index is 1370. The van der Waals surface area contributed by atoms with E-state index in [2.05, 4.69) is 33.9 Å². The van der Waals surface area contributed by atoms with Crippen molar-refractivity contribution in [3.05, 3.63) is 52.6 Å². The van der Waals surface area contributed by atoms with Crippen LogP contribution in [0.3, 0.4) is 0 Å². The summed E-state index contributed by atoms with van der Waals surface area (Å²) in [5.74, 6) is 1.34. The van der Waals surface area contributed by atoms with Crippen molar-refractivity contribution in [1.82, 2.24) is 29.9 Å². The van der Waals surface area contributed by atoms with E-state index in [0.29, 0.717) is 31.1 Å². The number of hydrogen-bond acceptors (Lipinski definition) is 6. The van der Waals surface area contributed by atoms with Crippen LogP contribution in [-0.4, -0.2) is 79.8 Å². The van der Waals surface area contributed by atoms with Gasteiger partial charge in [0.25, 0.3) is 0 Å². The molecule has 1 saturated heterocycles. The summed E-state index contributed by atoms with van der Waals surface area (Å²) in [5, 5.41) is 12.4. The number of likely N-dealkylation sites (tertiary alicyclic amines) is 1. The van der Waals surface area contributed by atoms with Gasteiger partial charge in [-0.15, -0.1) is 10.2 Å². The Morgan fingerprint density at radius 3 is 2.60 bits per heavy atom. The molecule has 1 aromatic heterocycles. The van der Waals surface area contributed by atoms with Crippen LogP contribution in [0.4, 0.5) is 4.79 Å². The molecule has 1 N–H and O–H groups in total. The molecule has 5 rings (SSSR count). The van der Waals surface area contributed by atoms with Crippen molar-refractivity contribution in [2.45, 2.75) is 84.5 Å². The van der Waals surface area contributed by atoms with Crippen LogP contribution in [0.2, 0.25) is 5.02 Å². The number of nitrogens with zero attached hydrogens (tertiary/aromatic N) is 5. The summed E-state index contributed by atoms with van der Waals surface area (Å²) in [5.41, 5.74) is 0.0644. The van der Waals surface area contributed by atoms with Gasteiger partial charge in [-0.05, 0) is 62.7 Å². The zero-order valence-corrected chi connectivity index (χ0v) is 25.9. The van der Waals surface area contributed by atoms with Gasteiger partial charge in [0.2, 0.25) is 11.8 Å². The number of rotatable bonds is 9. The third-order valence-electron chi connectivity index (χ3n) is 8.31. The molecule has 10 nitrogen and oxygen atoms in total. The molecule has 1 unspecified atom stereocenters. The fourth-order valence-electron chi connectivity index (χ4n) is 5.79. The number of carbonyl (C=O) groups is 3. The number of fused-ring (bicyclic) bond motifs is 1. The first-order valence-electron chi connectivity index (χ1n) is 14.7. The fraction of sp³-hybridized carbons (Fsp3) is 0.581. The summed E-state index contributed by atoms with van der Waals surface area (Å²) in [6.07, 6.45) is 6.06. The lowest BCUT2D eigenvalue weighted by molar-refractivity contribution is -0.139. The molecule has 0 radical (unpaired) electrons. The highest BCUT2D eigenvalue weighted by molar-refractivity contribution is 6.32. The van der Waals surface area contributed by atoms with Crippen LogP contribution in [0.25, 0.3) is 6.08 Å². The first-order valence-corrected chi connectivity index (χ1v) is 15.1. The maximum Gasteiger partial charge on any atom is 0.410 e. The van der Waals surface area contributed by atoms with Crippen molar-refractivity contribution in [3.8, 4) is 0 Å². The number of halogens is 1. The largest absolute Gasteiger partial charge is 0.444 e. The summed E-state index contributed by atoms with van der Waals surface area (Å²) in [6, 6.07) is 6.45. The molecular formula is C31H41ClN6O4. The highest BCUT2D eigenvalue weighted by Gasteiger charge is 2.55. The predicted octanol–water partition coefficient (Wildman–Crippen LogP) is 4.11. The molecule has 0 spiro atoms. The Balaban J connectivity index is 1.34. The lowest BCUT2D eigenvalue weighted by Crippen LogP contribution is -2.64. The van der Waals surface area contributed by atoms with Crippen molar-refractivity contribution in [3.63, 3.8) is 0 Å². The third-order valence-corrected chi connectivity index (χ3v) is 8.66. The van der Waals surface area contributed by atoms with E-state index in [9.17, 15) is 14.4 Å². The summed E-state index contributed by atoms with van der Waals surface area (Å²) < 4.78 is 7.57. The van der Waals surface area contributed by atoms with Crippen LogP contribution >= 0.6 is 11.6 Å². The van der Waals surface area contributed by atoms with Gasteiger partial charge in [-0.25, -0.2) is 4.79 Å². The van der Waals surface area contributed by atoms with Gasteiger partial charge in [-0.2, -0.15) is 0 Å². The monoisotopic (exact) mass is 596 g/mol. The zero-order valence-electron chi connectivity index (χ0n) is 25.1. The molecule has 3 amide bonds. The SMILES string of the molecule is CC(C)(C)OC(=O)N1CC(NC(=O)C([C@H]2CC2(C)C)N(CCc2nnc3n2CCC3)C(=O)/C=C/c2ccccc2Cl)C1. The van der Waals surface area contributed by atoms with Crippen LogP contribution in [0, 0.1) is 11.3 Å². The van der Waals surface area contributed by atoms with E-state index in [4.69, 9.17) is 16.3 Å². The average molecular weight is 597 g/mol. The van der Waals surface area contributed by atoms with E-state index in [1.54, 1.807) is 21.9 Å². The number of ether oxygens (including phenoxy) is 1. The fourth-order valence-corrected chi connectivity index (χ4v) is 5.99. The number of nitrogens with one attached hydrogen (secondary N) is 1. The van der Waals surface area contributed by atoms with Gasteiger partial charge < -0.3 is 24.4 Å². The Hall–Kier alpha value is -3.40. The first-order chi connectivity index (χ1) is 19.8. The maximum atomic E-state index is 13.9. The van der Waals surface area contributed by atoms with Gasteiger partial charge in [0.15, 0.2) is 0 Å². The Morgan fingerprint density at radius 1 is 1.21 bits per heavy atom. The molecular weight excluding hydrogens is 556 g/mol. The minimum atomic E-state index is -0.667. The van der Waals surface area contributed by atoms with Crippen LogP contribution < -0.4 is 5.32 Å². The van der Waals surface area contributed by atoms with Crippen LogP contribution in [-0.2, 0) is 33.7 Å². The van der Waals surface area contributed by atoms with Crippen molar-refractivity contribution in [2.24, 2.45) is 11.3 Å². The smallest absolute Gasteiger partial charge is 0.410 e. The number of amides is 3. The molecule has 1 aromatic carbocycles. The molecule has 0 bridgehead atoms. The van der Waals surface area contributed by atoms with Gasteiger partial charge in [-0.1, -0.05) is 43.6 Å². The van der Waals surface area contributed by atoms with E-state index >= 15 is 0 Å². The summed E-state index contributed by atoms with van der Waals surface area (Å²) in [7, 11) is 0. The summed E-state index contributed by atoms with van der Waals surface area (Å²) in [6.45, 7) is 11.7. The molecule has 42 heavy (non-hydrogen) atoms. The second-order valence-corrected chi connectivity index (χ2v) is 13.7. The first kappa shape index (κ1) is 30.1. The minimum absolute atomic E-state index is 0.00122. The van der Waals surface area contributed by atoms with Gasteiger partial charge in [0, 0.05) is 50.1 Å². The lowest BCUT2D eigenvalue weighted by atomic mass is 9.99. The maximum absolute atomic E-state index is 13.9. The second-order valence-electron chi connectivity index (χ2n) is 13.3. The summed E-state index contributed by atoms with van der Waals surface area (Å²) >= 11 is 6.33. The molecule has 3 aliphatic rings. The number of hydrogen-bond donors (Lipinski definition) is 1. The van der Waals surface area contributed by atoms with E-state index in [-0.39, 0.29) is 29.2 Å². The van der Waals surface area contributed by atoms with Crippen LogP contribution in [0.15, 0.2) is 30.3 Å². The highest BCUT2D eigenvalue weighted by Crippen LogP contribution is 2.55. The second kappa shape index (κ2) is 11.7. The van der Waals surface area contributed by atoms with Crippen molar-refractivity contribution < 1.29 is 19.1 Å². The summed E-state index contributed by atoms with van der Waals surface area (Å²) in [4.78, 5) is 43.4. The lowest BCUT2D eigenvalue weighted by Gasteiger charge is -2.41. The number of aromatic nitrogens is 3. The highest BCUT2D eigenvalue weighted by atomic mass is 35.5. The normalized spacial score (nSPS) is 20.1. The van der Waals surface area contributed by atoms with Crippen LogP contribution in [0.5, 0.6) is 0 Å². The molecule has 2 aliphatic heterocycles. The van der Waals surface area contributed by atoms with Crippen molar-refractivity contribution in [1.29, 1.82) is 0 Å². The molecule has 3 heterocycles. The van der Waals surface area contributed by atoms with E-state index in [0.717, 1.165) is 43.0 Å². The van der Waals surface area contributed by atoms with Crippen molar-refractivity contribution in [2.75, 3.05) is 19.6 Å². The van der Waals surface area contributed by atoms with Crippen LogP contribution in [0.1, 0.15) is 64.7 Å².